The van der Waals surface area contributed by atoms with Gasteiger partial charge in [-0.2, -0.15) is 0 Å². The molecule has 3 aromatic carbocycles. The molecule has 270 valence electrons. The van der Waals surface area contributed by atoms with Crippen molar-refractivity contribution < 1.29 is 9.59 Å². The molecule has 0 spiro atoms. The predicted molar refractivity (Wildman–Crippen MR) is 207 cm³/mol. The van der Waals surface area contributed by atoms with Gasteiger partial charge >= 0.3 is 5.69 Å². The minimum atomic E-state index is -0.705. The van der Waals surface area contributed by atoms with E-state index in [4.69, 9.17) is 10.8 Å². The smallest absolute Gasteiger partial charge is 0.329 e. The lowest BCUT2D eigenvalue weighted by Gasteiger charge is -2.36. The molecule has 2 amide bonds. The van der Waals surface area contributed by atoms with Gasteiger partial charge in [0.1, 0.15) is 11.7 Å². The van der Waals surface area contributed by atoms with Crippen molar-refractivity contribution in [3.8, 4) is 11.1 Å². The van der Waals surface area contributed by atoms with Crippen LogP contribution in [0.2, 0.25) is 0 Å². The molecule has 3 aromatic heterocycles. The number of carbonyl (C=O) groups is 2. The fraction of sp³-hybridized carbons (Fsp3) is 0.256. The summed E-state index contributed by atoms with van der Waals surface area (Å²) in [5.41, 5.74) is 15.0. The summed E-state index contributed by atoms with van der Waals surface area (Å²) in [6.45, 7) is 8.39. The van der Waals surface area contributed by atoms with E-state index >= 15 is 0 Å². The molecule has 0 aliphatic carbocycles. The Morgan fingerprint density at radius 2 is 1.74 bits per heavy atom. The molecule has 0 bridgehead atoms. The molecular formula is C39H41N11O3. The van der Waals surface area contributed by atoms with Crippen molar-refractivity contribution in [1.29, 1.82) is 0 Å². The topological polar surface area (TPSA) is 160 Å². The van der Waals surface area contributed by atoms with Crippen LogP contribution in [0.1, 0.15) is 30.1 Å². The Bertz CT molecular complexity index is 2450. The van der Waals surface area contributed by atoms with Gasteiger partial charge in [-0.25, -0.2) is 14.3 Å². The van der Waals surface area contributed by atoms with Gasteiger partial charge in [-0.15, -0.1) is 5.10 Å². The second kappa shape index (κ2) is 13.6. The summed E-state index contributed by atoms with van der Waals surface area (Å²) in [5, 5.41) is 13.7. The number of hydrogen-bond donors (Lipinski definition) is 4. The number of nitrogens with zero attached hydrogens (tertiary/aromatic N) is 7. The Hall–Kier alpha value is -6.41. The number of nitrogens with one attached hydrogen (secondary N) is 3. The number of imidazole rings is 2. The summed E-state index contributed by atoms with van der Waals surface area (Å²) in [4.78, 5) is 46.8. The number of amides is 2. The molecule has 2 saturated heterocycles. The van der Waals surface area contributed by atoms with Crippen molar-refractivity contribution in [1.82, 2.24) is 33.9 Å². The molecule has 2 fully saturated rings. The average Bonchev–Trinajstić information content (AvgIpc) is 3.70. The zero-order valence-corrected chi connectivity index (χ0v) is 29.7. The van der Waals surface area contributed by atoms with Gasteiger partial charge in [0.15, 0.2) is 11.5 Å². The largest absolute Gasteiger partial charge is 0.397 e. The van der Waals surface area contributed by atoms with Gasteiger partial charge in [-0.3, -0.25) is 28.9 Å². The van der Waals surface area contributed by atoms with Gasteiger partial charge in [-0.1, -0.05) is 36.9 Å². The van der Waals surface area contributed by atoms with Crippen LogP contribution in [-0.4, -0.2) is 73.7 Å². The van der Waals surface area contributed by atoms with E-state index in [-0.39, 0.29) is 18.0 Å². The first-order chi connectivity index (χ1) is 25.7. The van der Waals surface area contributed by atoms with E-state index in [9.17, 15) is 14.4 Å². The first kappa shape index (κ1) is 33.7. The normalized spacial score (nSPS) is 16.6. The van der Waals surface area contributed by atoms with E-state index in [1.165, 1.54) is 15.8 Å². The summed E-state index contributed by atoms with van der Waals surface area (Å²) in [5.74, 6) is -0.0794. The quantitative estimate of drug-likeness (QED) is 0.161. The molecule has 5 heterocycles. The number of benzene rings is 3. The monoisotopic (exact) mass is 711 g/mol. The fourth-order valence-corrected chi connectivity index (χ4v) is 7.39. The molecule has 2 aliphatic rings. The lowest BCUT2D eigenvalue weighted by molar-refractivity contribution is -0.135. The highest BCUT2D eigenvalue weighted by atomic mass is 16.2. The van der Waals surface area contributed by atoms with E-state index in [0.29, 0.717) is 34.8 Å². The summed E-state index contributed by atoms with van der Waals surface area (Å²) < 4.78 is 4.77. The third-order valence-corrected chi connectivity index (χ3v) is 10.2. The van der Waals surface area contributed by atoms with Crippen molar-refractivity contribution >= 4 is 57.1 Å². The lowest BCUT2D eigenvalue weighted by atomic mass is 10.0. The van der Waals surface area contributed by atoms with E-state index < -0.39 is 11.9 Å². The summed E-state index contributed by atoms with van der Waals surface area (Å²) in [6.07, 6.45) is 2.19. The van der Waals surface area contributed by atoms with Crippen LogP contribution in [0, 0.1) is 0 Å². The molecular weight excluding hydrogens is 671 g/mol. The molecule has 2 aliphatic heterocycles. The Kier molecular flexibility index (Phi) is 8.66. The number of anilines is 4. The Balaban J connectivity index is 0.908. The average molecular weight is 712 g/mol. The van der Waals surface area contributed by atoms with Gasteiger partial charge in [0.25, 0.3) is 0 Å². The molecule has 53 heavy (non-hydrogen) atoms. The van der Waals surface area contributed by atoms with Crippen LogP contribution in [0.15, 0.2) is 90.4 Å². The van der Waals surface area contributed by atoms with Crippen LogP contribution in [-0.2, 0) is 23.2 Å². The number of piperazine rings is 1. The molecule has 5 N–H and O–H groups in total. The van der Waals surface area contributed by atoms with Crippen molar-refractivity contribution in [3.05, 3.63) is 107 Å². The maximum absolute atomic E-state index is 13.2. The predicted octanol–water partition coefficient (Wildman–Crippen LogP) is 4.06. The zero-order chi connectivity index (χ0) is 36.8. The van der Waals surface area contributed by atoms with E-state index in [0.717, 1.165) is 60.7 Å². The number of hydrogen-bond acceptors (Lipinski definition) is 10. The first-order valence-electron chi connectivity index (χ1n) is 17.7. The van der Waals surface area contributed by atoms with Crippen LogP contribution in [0.3, 0.4) is 0 Å². The van der Waals surface area contributed by atoms with Crippen molar-refractivity contribution in [2.75, 3.05) is 48.8 Å². The molecule has 14 heteroatoms. The van der Waals surface area contributed by atoms with Crippen LogP contribution in [0.5, 0.6) is 0 Å². The Morgan fingerprint density at radius 1 is 0.962 bits per heavy atom. The van der Waals surface area contributed by atoms with E-state index in [1.54, 1.807) is 22.3 Å². The maximum atomic E-state index is 13.2. The van der Waals surface area contributed by atoms with E-state index in [2.05, 4.69) is 79.8 Å². The molecule has 0 saturated carbocycles. The maximum Gasteiger partial charge on any atom is 0.329 e. The fourth-order valence-electron chi connectivity index (χ4n) is 7.39. The van der Waals surface area contributed by atoms with Crippen LogP contribution >= 0.6 is 0 Å². The minimum Gasteiger partial charge on any atom is -0.397 e. The Labute approximate surface area is 305 Å². The van der Waals surface area contributed by atoms with E-state index in [1.807, 2.05) is 37.4 Å². The highest BCUT2D eigenvalue weighted by Crippen LogP contribution is 2.30. The molecule has 0 radical (unpaired) electrons. The molecule has 1 atom stereocenters. The van der Waals surface area contributed by atoms with Gasteiger partial charge in [-0.05, 0) is 59.5 Å². The van der Waals surface area contributed by atoms with Crippen molar-refractivity contribution in [2.24, 2.45) is 12.8 Å². The third kappa shape index (κ3) is 6.37. The second-order valence-corrected chi connectivity index (χ2v) is 13.6. The Morgan fingerprint density at radius 3 is 2.47 bits per heavy atom. The summed E-state index contributed by atoms with van der Waals surface area (Å²) >= 11 is 0. The number of carbonyl (C=O) groups excluding carboxylic acids is 2. The standard InChI is InChI=1S/C39H41N11O3/c1-24(40)34-22-42-37-30(41-2)21-35(45-50(34)37)43-28-6-4-5-25(19-28)23-47-15-17-48(18-16-47)29-10-7-26(8-11-29)27-9-12-31-33(20-27)46(3)39(53)49(31)32-13-14-36(51)44-38(32)52/h4-12,19-22,32,41H,1,13-18,23,40H2,2-3H3,(H,43,45)(H,44,51,52). The highest BCUT2D eigenvalue weighted by Gasteiger charge is 2.31. The number of piperidine rings is 1. The second-order valence-electron chi connectivity index (χ2n) is 13.6. The summed E-state index contributed by atoms with van der Waals surface area (Å²) in [7, 11) is 3.56. The molecule has 1 unspecified atom stereocenters. The van der Waals surface area contributed by atoms with Gasteiger partial charge in [0.05, 0.1) is 28.6 Å². The van der Waals surface area contributed by atoms with Crippen LogP contribution < -0.4 is 32.3 Å². The number of aromatic nitrogens is 5. The van der Waals surface area contributed by atoms with Gasteiger partial charge in [0.2, 0.25) is 11.8 Å². The first-order valence-corrected chi connectivity index (χ1v) is 17.7. The number of aryl methyl sites for hydroxylation is 1. The van der Waals surface area contributed by atoms with Crippen molar-refractivity contribution in [2.45, 2.75) is 25.4 Å². The zero-order valence-electron chi connectivity index (χ0n) is 29.7. The van der Waals surface area contributed by atoms with Gasteiger partial charge < -0.3 is 21.3 Å². The summed E-state index contributed by atoms with van der Waals surface area (Å²) in [6, 6.07) is 24.0. The molecule has 14 nitrogen and oxygen atoms in total. The minimum absolute atomic E-state index is 0.210. The SMILES string of the molecule is C=C(N)c1cnc2c(NC)cc(Nc3cccc(CN4CCN(c5ccc(-c6ccc7c(c6)n(C)c(=O)n7C6CCC(=O)NC6=O)cc5)CC4)c3)nn12. The number of rotatable bonds is 9. The number of fused-ring (bicyclic) bond motifs is 2. The third-order valence-electron chi connectivity index (χ3n) is 10.2. The molecule has 8 rings (SSSR count). The number of nitrogens with two attached hydrogens (primary N) is 1. The van der Waals surface area contributed by atoms with Crippen LogP contribution in [0.25, 0.3) is 33.5 Å². The highest BCUT2D eigenvalue weighted by molar-refractivity contribution is 6.00. The number of imide groups is 1. The van der Waals surface area contributed by atoms with Gasteiger partial charge in [0, 0.05) is 70.7 Å². The molecule has 6 aromatic rings. The lowest BCUT2D eigenvalue weighted by Crippen LogP contribution is -2.45. The van der Waals surface area contributed by atoms with Crippen molar-refractivity contribution in [3.63, 3.8) is 0 Å². The van der Waals surface area contributed by atoms with Crippen LogP contribution in [0.4, 0.5) is 22.9 Å².